The van der Waals surface area contributed by atoms with Crippen molar-refractivity contribution in [3.05, 3.63) is 83.4 Å². The van der Waals surface area contributed by atoms with Crippen LogP contribution in [-0.4, -0.2) is 17.6 Å². The third-order valence-electron chi connectivity index (χ3n) is 4.19. The van der Waals surface area contributed by atoms with Crippen molar-refractivity contribution in [3.8, 4) is 0 Å². The van der Waals surface area contributed by atoms with Gasteiger partial charge in [-0.25, -0.2) is 0 Å². The zero-order valence-corrected chi connectivity index (χ0v) is 16.0. The molecular formula is C22H22N2O2S. The van der Waals surface area contributed by atoms with Gasteiger partial charge >= 0.3 is 0 Å². The summed E-state index contributed by atoms with van der Waals surface area (Å²) in [5.74, 6) is 0.613. The number of hydrogen-bond donors (Lipinski definition) is 2. The van der Waals surface area contributed by atoms with Crippen LogP contribution >= 0.6 is 11.8 Å². The van der Waals surface area contributed by atoms with Crippen LogP contribution in [-0.2, 0) is 21.8 Å². The maximum atomic E-state index is 12.2. The third kappa shape index (κ3) is 5.59. The van der Waals surface area contributed by atoms with Gasteiger partial charge in [-0.15, -0.1) is 11.8 Å². The minimum Gasteiger partial charge on any atom is -0.273 e. The number of rotatable bonds is 6. The molecule has 3 aromatic carbocycles. The fourth-order valence-electron chi connectivity index (χ4n) is 2.79. The Morgan fingerprint density at radius 2 is 1.56 bits per heavy atom. The van der Waals surface area contributed by atoms with E-state index in [1.807, 2.05) is 49.4 Å². The van der Waals surface area contributed by atoms with E-state index in [-0.39, 0.29) is 18.2 Å². The second-order valence-corrected chi connectivity index (χ2v) is 7.38. The van der Waals surface area contributed by atoms with E-state index in [9.17, 15) is 9.59 Å². The number of fused-ring (bicyclic) bond motifs is 1. The van der Waals surface area contributed by atoms with Crippen molar-refractivity contribution < 1.29 is 9.59 Å². The summed E-state index contributed by atoms with van der Waals surface area (Å²) in [5, 5.41) is 2.15. The van der Waals surface area contributed by atoms with Gasteiger partial charge in [-0.1, -0.05) is 72.3 Å². The zero-order chi connectivity index (χ0) is 19.1. The average Bonchev–Trinajstić information content (AvgIpc) is 2.68. The quantitative estimate of drug-likeness (QED) is 0.642. The highest BCUT2D eigenvalue weighted by molar-refractivity contribution is 7.99. The smallest absolute Gasteiger partial charge is 0.248 e. The maximum Gasteiger partial charge on any atom is 0.248 e. The van der Waals surface area contributed by atoms with Crippen molar-refractivity contribution in [1.29, 1.82) is 0 Å². The monoisotopic (exact) mass is 378 g/mol. The summed E-state index contributed by atoms with van der Waals surface area (Å²) in [7, 11) is 0. The number of thioether (sulfide) groups is 1. The summed E-state index contributed by atoms with van der Waals surface area (Å²) in [4.78, 5) is 24.1. The predicted molar refractivity (Wildman–Crippen MR) is 111 cm³/mol. The molecule has 3 aromatic rings. The Bertz CT molecular complexity index is 933. The number of amides is 2. The lowest BCUT2D eigenvalue weighted by molar-refractivity contribution is -0.127. The predicted octanol–water partition coefficient (Wildman–Crippen LogP) is 3.77. The lowest BCUT2D eigenvalue weighted by Gasteiger charge is -2.09. The van der Waals surface area contributed by atoms with Crippen molar-refractivity contribution in [2.75, 3.05) is 5.75 Å². The van der Waals surface area contributed by atoms with Crippen molar-refractivity contribution in [1.82, 2.24) is 10.9 Å². The molecule has 0 atom stereocenters. The highest BCUT2D eigenvalue weighted by atomic mass is 32.2. The van der Waals surface area contributed by atoms with Crippen molar-refractivity contribution >= 4 is 34.3 Å². The second-order valence-electron chi connectivity index (χ2n) is 6.39. The van der Waals surface area contributed by atoms with Crippen molar-refractivity contribution in [2.45, 2.75) is 19.1 Å². The van der Waals surface area contributed by atoms with Crippen LogP contribution in [0.25, 0.3) is 10.8 Å². The van der Waals surface area contributed by atoms with Crippen LogP contribution in [0.3, 0.4) is 0 Å². The molecule has 0 radical (unpaired) electrons. The average molecular weight is 378 g/mol. The third-order valence-corrected chi connectivity index (χ3v) is 5.20. The first-order valence-electron chi connectivity index (χ1n) is 8.79. The Balaban J connectivity index is 1.43. The molecule has 0 heterocycles. The molecule has 3 rings (SSSR count). The number of carbonyl (C=O) groups excluding carboxylic acids is 2. The highest BCUT2D eigenvalue weighted by Crippen LogP contribution is 2.18. The molecule has 0 saturated heterocycles. The maximum absolute atomic E-state index is 12.2. The minimum absolute atomic E-state index is 0.210. The normalized spacial score (nSPS) is 10.6. The van der Waals surface area contributed by atoms with E-state index in [1.54, 1.807) is 0 Å². The van der Waals surface area contributed by atoms with Gasteiger partial charge in [0.15, 0.2) is 0 Å². The Morgan fingerprint density at radius 3 is 2.37 bits per heavy atom. The van der Waals surface area contributed by atoms with E-state index in [4.69, 9.17) is 0 Å². The molecule has 0 aromatic heterocycles. The van der Waals surface area contributed by atoms with Gasteiger partial charge in [0.25, 0.3) is 0 Å². The van der Waals surface area contributed by atoms with Gasteiger partial charge in [-0.2, -0.15) is 0 Å². The Morgan fingerprint density at radius 1 is 0.852 bits per heavy atom. The number of hydrazine groups is 1. The van der Waals surface area contributed by atoms with Gasteiger partial charge in [0.1, 0.15) is 0 Å². The van der Waals surface area contributed by atoms with E-state index in [2.05, 4.69) is 35.1 Å². The number of hydrogen-bond acceptors (Lipinski definition) is 3. The van der Waals surface area contributed by atoms with Crippen LogP contribution in [0.15, 0.2) is 66.7 Å². The highest BCUT2D eigenvalue weighted by Gasteiger charge is 2.08. The molecule has 5 heteroatoms. The van der Waals surface area contributed by atoms with Crippen LogP contribution in [0.1, 0.15) is 16.7 Å². The van der Waals surface area contributed by atoms with Crippen molar-refractivity contribution in [3.63, 3.8) is 0 Å². The molecule has 0 bridgehead atoms. The van der Waals surface area contributed by atoms with Crippen LogP contribution in [0.5, 0.6) is 0 Å². The van der Waals surface area contributed by atoms with E-state index in [1.165, 1.54) is 22.9 Å². The molecule has 138 valence electrons. The Labute approximate surface area is 163 Å². The molecular weight excluding hydrogens is 356 g/mol. The molecule has 0 aliphatic heterocycles. The first-order valence-corrected chi connectivity index (χ1v) is 9.95. The summed E-state index contributed by atoms with van der Waals surface area (Å²) in [6.45, 7) is 2.05. The molecule has 0 spiro atoms. The van der Waals surface area contributed by atoms with Gasteiger partial charge in [0.2, 0.25) is 11.8 Å². The van der Waals surface area contributed by atoms with Crippen LogP contribution in [0, 0.1) is 6.92 Å². The van der Waals surface area contributed by atoms with Crippen molar-refractivity contribution in [2.24, 2.45) is 0 Å². The fourth-order valence-corrected chi connectivity index (χ4v) is 3.57. The molecule has 0 fully saturated rings. The summed E-state index contributed by atoms with van der Waals surface area (Å²) < 4.78 is 0. The molecule has 27 heavy (non-hydrogen) atoms. The Kier molecular flexibility index (Phi) is 6.49. The van der Waals surface area contributed by atoms with Crippen LogP contribution in [0.4, 0.5) is 0 Å². The minimum atomic E-state index is -0.233. The van der Waals surface area contributed by atoms with E-state index < -0.39 is 0 Å². The van der Waals surface area contributed by atoms with Gasteiger partial charge in [0, 0.05) is 5.75 Å². The Hall–Kier alpha value is -2.79. The SMILES string of the molecule is Cc1ccc(CSCC(=O)NNC(=O)Cc2cccc3ccccc23)cc1. The summed E-state index contributed by atoms with van der Waals surface area (Å²) in [6, 6.07) is 22.1. The summed E-state index contributed by atoms with van der Waals surface area (Å²) in [5.41, 5.74) is 8.32. The van der Waals surface area contributed by atoms with Gasteiger partial charge in [0.05, 0.1) is 12.2 Å². The van der Waals surface area contributed by atoms with E-state index in [0.717, 1.165) is 22.1 Å². The lowest BCUT2D eigenvalue weighted by Crippen LogP contribution is -2.43. The molecule has 2 N–H and O–H groups in total. The first-order chi connectivity index (χ1) is 13.1. The fraction of sp³-hybridized carbons (Fsp3) is 0.182. The summed E-state index contributed by atoms with van der Waals surface area (Å²) >= 11 is 1.51. The molecule has 0 saturated carbocycles. The van der Waals surface area contributed by atoms with Gasteiger partial charge in [-0.3, -0.25) is 20.4 Å². The molecule has 2 amide bonds. The number of nitrogens with one attached hydrogen (secondary N) is 2. The van der Waals surface area contributed by atoms with E-state index >= 15 is 0 Å². The molecule has 0 aliphatic rings. The number of carbonyl (C=O) groups is 2. The molecule has 0 unspecified atom stereocenters. The molecule has 0 aliphatic carbocycles. The second kappa shape index (κ2) is 9.24. The van der Waals surface area contributed by atoms with Crippen LogP contribution in [0.2, 0.25) is 0 Å². The van der Waals surface area contributed by atoms with Gasteiger partial charge in [-0.05, 0) is 28.8 Å². The number of aryl methyl sites for hydroxylation is 1. The standard InChI is InChI=1S/C22H22N2O2S/c1-16-9-11-17(12-10-16)14-27-15-22(26)24-23-21(25)13-19-7-4-6-18-5-2-3-8-20(18)19/h2-12H,13-15H2,1H3,(H,23,25)(H,24,26). The van der Waals surface area contributed by atoms with Crippen LogP contribution < -0.4 is 10.9 Å². The largest absolute Gasteiger partial charge is 0.273 e. The van der Waals surface area contributed by atoms with E-state index in [0.29, 0.717) is 5.75 Å². The first kappa shape index (κ1) is 19.0. The topological polar surface area (TPSA) is 58.2 Å². The van der Waals surface area contributed by atoms with Gasteiger partial charge < -0.3 is 0 Å². The number of benzene rings is 3. The lowest BCUT2D eigenvalue weighted by atomic mass is 10.0. The summed E-state index contributed by atoms with van der Waals surface area (Å²) in [6.07, 6.45) is 0.220. The molecule has 4 nitrogen and oxygen atoms in total. The zero-order valence-electron chi connectivity index (χ0n) is 15.2.